The second-order valence-electron chi connectivity index (χ2n) is 3.69. The molecule has 0 saturated carbocycles. The Morgan fingerprint density at radius 3 is 1.94 bits per heavy atom. The zero-order chi connectivity index (χ0) is 13.7. The average Bonchev–Trinajstić information content (AvgIpc) is 2.13. The normalized spacial score (nSPS) is 14.0. The number of hydrogen-bond donors (Lipinski definition) is 5. The summed E-state index contributed by atoms with van der Waals surface area (Å²) < 4.78 is 35.3. The van der Waals surface area contributed by atoms with Crippen molar-refractivity contribution in [2.24, 2.45) is 0 Å². The van der Waals surface area contributed by atoms with E-state index >= 15 is 0 Å². The first-order valence-corrected chi connectivity index (χ1v) is 8.29. The van der Waals surface area contributed by atoms with Crippen LogP contribution in [0.1, 0.15) is 26.2 Å². The Kier molecular flexibility index (Phi) is 6.46. The number of hydrogen-bond acceptors (Lipinski definition) is 3. The number of alkyl halides is 1. The molecule has 5 N–H and O–H groups in total. The lowest BCUT2D eigenvalue weighted by atomic mass is 10.2. The summed E-state index contributed by atoms with van der Waals surface area (Å²) in [6.45, 7) is 1.09. The summed E-state index contributed by atoms with van der Waals surface area (Å²) in [7, 11) is -11.1. The van der Waals surface area contributed by atoms with Crippen molar-refractivity contribution in [1.82, 2.24) is 5.32 Å². The van der Waals surface area contributed by atoms with Crippen molar-refractivity contribution in [2.45, 2.75) is 31.3 Å². The van der Waals surface area contributed by atoms with Crippen molar-refractivity contribution in [2.75, 3.05) is 13.1 Å². The third-order valence-corrected chi connectivity index (χ3v) is 5.86. The molecule has 0 heterocycles. The van der Waals surface area contributed by atoms with E-state index in [1.807, 2.05) is 6.92 Å². The predicted molar refractivity (Wildman–Crippen MR) is 60.3 cm³/mol. The van der Waals surface area contributed by atoms with Gasteiger partial charge in [-0.2, -0.15) is 0 Å². The molecule has 17 heavy (non-hydrogen) atoms. The molecule has 0 atom stereocenters. The molecule has 0 aliphatic rings. The second-order valence-corrected chi connectivity index (χ2v) is 7.64. The van der Waals surface area contributed by atoms with E-state index in [4.69, 9.17) is 19.6 Å². The summed E-state index contributed by atoms with van der Waals surface area (Å²) in [6, 6.07) is 0. The van der Waals surface area contributed by atoms with Crippen LogP contribution in [0.5, 0.6) is 0 Å². The Labute approximate surface area is 98.7 Å². The molecule has 0 unspecified atom stereocenters. The van der Waals surface area contributed by atoms with Crippen LogP contribution in [0.2, 0.25) is 0 Å². The Morgan fingerprint density at radius 1 is 1.12 bits per heavy atom. The van der Waals surface area contributed by atoms with Gasteiger partial charge >= 0.3 is 20.3 Å². The van der Waals surface area contributed by atoms with Crippen LogP contribution in [0, 0.1) is 0 Å². The molecule has 0 aromatic rings. The Bertz CT molecular complexity index is 304. The van der Waals surface area contributed by atoms with E-state index in [0.29, 0.717) is 6.42 Å². The topological polar surface area (TPSA) is 127 Å². The van der Waals surface area contributed by atoms with Crippen LogP contribution in [-0.4, -0.2) is 37.8 Å². The van der Waals surface area contributed by atoms with Gasteiger partial charge in [0.1, 0.15) is 0 Å². The lowest BCUT2D eigenvalue weighted by molar-refractivity contribution is 0.218. The zero-order valence-corrected chi connectivity index (χ0v) is 11.2. The fourth-order valence-electron chi connectivity index (χ4n) is 1.12. The van der Waals surface area contributed by atoms with Gasteiger partial charge in [-0.15, -0.1) is 0 Å². The number of halogens is 1. The molecule has 0 aromatic heterocycles. The highest BCUT2D eigenvalue weighted by Crippen LogP contribution is 2.69. The summed E-state index contributed by atoms with van der Waals surface area (Å²) in [5.74, 6) is 0. The largest absolute Gasteiger partial charge is 0.376 e. The monoisotopic (exact) mass is 293 g/mol. The summed E-state index contributed by atoms with van der Waals surface area (Å²) in [4.78, 5) is 34.7. The van der Waals surface area contributed by atoms with E-state index in [9.17, 15) is 13.5 Å². The van der Waals surface area contributed by atoms with Crippen LogP contribution in [-0.2, 0) is 9.13 Å². The second kappa shape index (κ2) is 6.38. The van der Waals surface area contributed by atoms with Crippen LogP contribution in [0.25, 0.3) is 0 Å². The molecule has 10 heteroatoms. The lowest BCUT2D eigenvalue weighted by Crippen LogP contribution is -2.36. The smallest absolute Gasteiger partial charge is 0.322 e. The minimum atomic E-state index is -5.56. The van der Waals surface area contributed by atoms with Gasteiger partial charge in [-0.1, -0.05) is 19.8 Å². The molecular formula is C7H18FNO6P2. The molecule has 0 radical (unpaired) electrons. The van der Waals surface area contributed by atoms with E-state index in [0.717, 1.165) is 12.8 Å². The SMILES string of the molecule is CCCCCNCC(F)(P(=O)(O)O)P(=O)(O)O. The van der Waals surface area contributed by atoms with E-state index in [-0.39, 0.29) is 6.54 Å². The minimum Gasteiger partial charge on any atom is -0.322 e. The molecule has 104 valence electrons. The molecular weight excluding hydrogens is 275 g/mol. The molecule has 7 nitrogen and oxygen atoms in total. The Balaban J connectivity index is 4.55. The first kappa shape index (κ1) is 17.2. The average molecular weight is 293 g/mol. The fraction of sp³-hybridized carbons (Fsp3) is 1.00. The zero-order valence-electron chi connectivity index (χ0n) is 9.41. The van der Waals surface area contributed by atoms with Crippen molar-refractivity contribution in [3.63, 3.8) is 0 Å². The summed E-state index contributed by atoms with van der Waals surface area (Å²) in [6.07, 6.45) is 2.37. The van der Waals surface area contributed by atoms with E-state index < -0.39 is 26.9 Å². The van der Waals surface area contributed by atoms with Gasteiger partial charge < -0.3 is 24.9 Å². The molecule has 0 bridgehead atoms. The van der Waals surface area contributed by atoms with Gasteiger partial charge in [0.2, 0.25) is 0 Å². The number of nitrogens with one attached hydrogen (secondary N) is 1. The van der Waals surface area contributed by atoms with Gasteiger partial charge in [0, 0.05) is 0 Å². The quantitative estimate of drug-likeness (QED) is 0.330. The Hall–Kier alpha value is 0.190. The third-order valence-electron chi connectivity index (χ3n) is 2.20. The highest BCUT2D eigenvalue weighted by Gasteiger charge is 2.61. The van der Waals surface area contributed by atoms with Gasteiger partial charge in [-0.25, -0.2) is 4.39 Å². The molecule has 0 spiro atoms. The van der Waals surface area contributed by atoms with Gasteiger partial charge in [-0.3, -0.25) is 9.13 Å². The maximum atomic E-state index is 13.7. The fourth-order valence-corrected chi connectivity index (χ4v) is 3.12. The molecule has 0 aliphatic heterocycles. The molecule has 0 fully saturated rings. The highest BCUT2D eigenvalue weighted by molar-refractivity contribution is 7.72. The van der Waals surface area contributed by atoms with Crippen LogP contribution >= 0.6 is 15.2 Å². The van der Waals surface area contributed by atoms with Crippen LogP contribution < -0.4 is 5.32 Å². The van der Waals surface area contributed by atoms with Crippen LogP contribution in [0.3, 0.4) is 0 Å². The van der Waals surface area contributed by atoms with E-state index in [1.165, 1.54) is 0 Å². The summed E-state index contributed by atoms with van der Waals surface area (Å²) in [5, 5.41) is -1.54. The third kappa shape index (κ3) is 4.75. The van der Waals surface area contributed by atoms with Crippen LogP contribution in [0.15, 0.2) is 0 Å². The molecule has 0 saturated heterocycles. The van der Waals surface area contributed by atoms with Crippen molar-refractivity contribution >= 4 is 15.2 Å². The van der Waals surface area contributed by atoms with Gasteiger partial charge in [0.05, 0.1) is 6.54 Å². The first-order valence-electron chi connectivity index (χ1n) is 5.07. The number of unbranched alkanes of at least 4 members (excludes halogenated alkanes) is 2. The van der Waals surface area contributed by atoms with Crippen molar-refractivity contribution in [1.29, 1.82) is 0 Å². The van der Waals surface area contributed by atoms with Crippen molar-refractivity contribution < 1.29 is 33.1 Å². The molecule has 0 aliphatic carbocycles. The number of rotatable bonds is 8. The predicted octanol–water partition coefficient (Wildman–Crippen LogP) is 0.745. The summed E-state index contributed by atoms with van der Waals surface area (Å²) in [5.41, 5.74) is 0. The van der Waals surface area contributed by atoms with Gasteiger partial charge in [0.25, 0.3) is 0 Å². The van der Waals surface area contributed by atoms with Crippen molar-refractivity contribution in [3.05, 3.63) is 0 Å². The lowest BCUT2D eigenvalue weighted by Gasteiger charge is -2.26. The standard InChI is InChI=1S/C7H18FNO6P2/c1-2-3-4-5-9-6-7(8,16(10,11)12)17(13,14)15/h9H,2-6H2,1H3,(H2,10,11,12)(H2,13,14,15). The van der Waals surface area contributed by atoms with E-state index in [1.54, 1.807) is 0 Å². The molecule has 0 amide bonds. The van der Waals surface area contributed by atoms with Gasteiger partial charge in [-0.05, 0) is 13.0 Å². The molecule has 0 aromatic carbocycles. The minimum absolute atomic E-state index is 0.236. The van der Waals surface area contributed by atoms with Gasteiger partial charge in [0.15, 0.2) is 0 Å². The highest BCUT2D eigenvalue weighted by atomic mass is 31.2. The van der Waals surface area contributed by atoms with E-state index in [2.05, 4.69) is 5.32 Å². The maximum Gasteiger partial charge on any atom is 0.376 e. The van der Waals surface area contributed by atoms with Crippen molar-refractivity contribution in [3.8, 4) is 0 Å². The Morgan fingerprint density at radius 2 is 1.59 bits per heavy atom. The van der Waals surface area contributed by atoms with Crippen LogP contribution in [0.4, 0.5) is 4.39 Å². The maximum absolute atomic E-state index is 13.7. The first-order chi connectivity index (χ1) is 7.56. The molecule has 0 rings (SSSR count). The summed E-state index contributed by atoms with van der Waals surface area (Å²) >= 11 is 0.